The molecule has 1 fully saturated rings. The quantitative estimate of drug-likeness (QED) is 0.0848. The van der Waals surface area contributed by atoms with Crippen LogP contribution in [0.2, 0.25) is 18.1 Å². The van der Waals surface area contributed by atoms with Gasteiger partial charge >= 0.3 is 11.9 Å². The maximum Gasteiger partial charge on any atom is 0.362 e. The second-order valence-electron chi connectivity index (χ2n) is 10.6. The minimum absolute atomic E-state index is 0.0235. The van der Waals surface area contributed by atoms with Crippen LogP contribution >= 0.6 is 0 Å². The number of carbonyl (C=O) groups excluding carboxylic acids is 3. The molecule has 0 aliphatic carbocycles. The number of amides is 1. The van der Waals surface area contributed by atoms with Crippen molar-refractivity contribution in [1.82, 2.24) is 9.80 Å². The summed E-state index contributed by atoms with van der Waals surface area (Å²) < 4.78 is 11.8. The summed E-state index contributed by atoms with van der Waals surface area (Å²) >= 11 is 0. The summed E-state index contributed by atoms with van der Waals surface area (Å²) in [5.74, 6) is -2.77. The Morgan fingerprint density at radius 1 is 1.18 bits per heavy atom. The van der Waals surface area contributed by atoms with Crippen molar-refractivity contribution in [2.75, 3.05) is 20.1 Å². The number of hydrogen-bond acceptors (Lipinski definition) is 9. The Morgan fingerprint density at radius 2 is 1.77 bits per heavy atom. The summed E-state index contributed by atoms with van der Waals surface area (Å²) in [6.45, 7) is 11.1. The van der Waals surface area contributed by atoms with Gasteiger partial charge in [0.05, 0.1) is 34.6 Å². The molecule has 2 aliphatic heterocycles. The molecule has 0 spiro atoms. The van der Waals surface area contributed by atoms with Gasteiger partial charge in [-0.3, -0.25) is 14.9 Å². The molecular formula is C28H38N4O7Si. The minimum atomic E-state index is -1.99. The normalized spacial score (nSPS) is 21.1. The van der Waals surface area contributed by atoms with Crippen molar-refractivity contribution in [1.29, 1.82) is 5.26 Å². The fourth-order valence-corrected chi connectivity index (χ4v) is 8.75. The summed E-state index contributed by atoms with van der Waals surface area (Å²) in [5.41, 5.74) is 0.496. The number of nitro groups is 1. The summed E-state index contributed by atoms with van der Waals surface area (Å²) in [6, 6.07) is 9.39. The molecule has 40 heavy (non-hydrogen) atoms. The molecular weight excluding hydrogens is 532 g/mol. The number of ether oxygens (including phenoxy) is 1. The highest BCUT2D eigenvalue weighted by molar-refractivity contribution is 6.73. The summed E-state index contributed by atoms with van der Waals surface area (Å²) in [4.78, 5) is 53.4. The molecule has 2 heterocycles. The second-order valence-corrected chi connectivity index (χ2v) is 15.3. The average molecular weight is 571 g/mol. The van der Waals surface area contributed by atoms with Gasteiger partial charge in [0, 0.05) is 37.6 Å². The lowest BCUT2D eigenvalue weighted by Crippen LogP contribution is -2.65. The predicted octanol–water partition coefficient (Wildman–Crippen LogP) is 4.26. The number of nitriles is 1. The van der Waals surface area contributed by atoms with Gasteiger partial charge in [0.25, 0.3) is 5.69 Å². The van der Waals surface area contributed by atoms with E-state index in [0.717, 1.165) is 30.3 Å². The molecule has 12 heteroatoms. The van der Waals surface area contributed by atoms with E-state index >= 15 is 0 Å². The first-order valence-corrected chi connectivity index (χ1v) is 16.3. The highest BCUT2D eigenvalue weighted by atomic mass is 28.4. The third-order valence-corrected chi connectivity index (χ3v) is 13.1. The molecule has 3 rings (SSSR count). The predicted molar refractivity (Wildman–Crippen MR) is 149 cm³/mol. The Labute approximate surface area is 236 Å². The van der Waals surface area contributed by atoms with E-state index in [9.17, 15) is 24.5 Å². The van der Waals surface area contributed by atoms with Gasteiger partial charge in [-0.25, -0.2) is 9.59 Å². The van der Waals surface area contributed by atoms with Crippen molar-refractivity contribution in [3.05, 3.63) is 51.2 Å². The topological polar surface area (TPSA) is 143 Å². The van der Waals surface area contributed by atoms with Crippen LogP contribution in [0.15, 0.2) is 35.5 Å². The number of esters is 2. The number of likely N-dealkylation sites (N-methyl/N-ethyl adjacent to an activating group) is 1. The molecule has 1 saturated heterocycles. The Hall–Kier alpha value is -3.40. The number of rotatable bonds is 13. The molecule has 0 aromatic heterocycles. The van der Waals surface area contributed by atoms with Gasteiger partial charge in [0.2, 0.25) is 5.91 Å². The van der Waals surface area contributed by atoms with Crippen LogP contribution in [0.1, 0.15) is 51.4 Å². The van der Waals surface area contributed by atoms with Crippen LogP contribution in [0.3, 0.4) is 0 Å². The molecule has 1 aromatic carbocycles. The largest absolute Gasteiger partial charge is 0.413 e. The number of nitro benzene ring substituents is 1. The van der Waals surface area contributed by atoms with E-state index in [0.29, 0.717) is 25.1 Å². The zero-order chi connectivity index (χ0) is 29.8. The third kappa shape index (κ3) is 6.01. The van der Waals surface area contributed by atoms with Gasteiger partial charge in [-0.05, 0) is 49.8 Å². The van der Waals surface area contributed by atoms with Crippen LogP contribution in [-0.4, -0.2) is 73.2 Å². The van der Waals surface area contributed by atoms with E-state index in [1.807, 2.05) is 25.8 Å². The number of carbonyl (C=O) groups is 3. The number of β-lactam (4-membered cyclic amide) rings is 1. The zero-order valence-electron chi connectivity index (χ0n) is 24.0. The smallest absolute Gasteiger partial charge is 0.362 e. The maximum atomic E-state index is 13.6. The van der Waals surface area contributed by atoms with E-state index in [4.69, 9.17) is 14.4 Å². The minimum Gasteiger partial charge on any atom is -0.413 e. The van der Waals surface area contributed by atoms with Crippen LogP contribution in [-0.2, 0) is 18.8 Å². The van der Waals surface area contributed by atoms with Crippen LogP contribution in [0, 0.1) is 33.3 Å². The van der Waals surface area contributed by atoms with Gasteiger partial charge in [0.1, 0.15) is 5.70 Å². The van der Waals surface area contributed by atoms with Gasteiger partial charge in [-0.1, -0.05) is 27.7 Å². The van der Waals surface area contributed by atoms with Crippen molar-refractivity contribution >= 4 is 31.9 Å². The first-order valence-electron chi connectivity index (χ1n) is 13.8. The van der Waals surface area contributed by atoms with Gasteiger partial charge in [0.15, 0.2) is 8.32 Å². The molecule has 0 saturated carbocycles. The Kier molecular flexibility index (Phi) is 10.00. The average Bonchev–Trinajstić information content (AvgIpc) is 3.18. The second kappa shape index (κ2) is 12.8. The number of non-ortho nitro benzene ring substituents is 1. The molecule has 4 atom stereocenters. The molecule has 0 N–H and O–H groups in total. The highest BCUT2D eigenvalue weighted by Gasteiger charge is 2.61. The first-order chi connectivity index (χ1) is 18.9. The lowest BCUT2D eigenvalue weighted by molar-refractivity contribution is -0.384. The molecule has 11 nitrogen and oxygen atoms in total. The Morgan fingerprint density at radius 3 is 2.30 bits per heavy atom. The van der Waals surface area contributed by atoms with Gasteiger partial charge in [-0.2, -0.15) is 5.26 Å². The van der Waals surface area contributed by atoms with Crippen LogP contribution in [0.5, 0.6) is 0 Å². The van der Waals surface area contributed by atoms with Gasteiger partial charge in [-0.15, -0.1) is 0 Å². The third-order valence-electron chi connectivity index (χ3n) is 8.41. The van der Waals surface area contributed by atoms with E-state index < -0.39 is 31.1 Å². The van der Waals surface area contributed by atoms with E-state index in [2.05, 4.69) is 26.8 Å². The fourth-order valence-electron chi connectivity index (χ4n) is 5.82. The number of fused-ring (bicyclic) bond motifs is 1. The Bertz CT molecular complexity index is 1210. The van der Waals surface area contributed by atoms with Crippen molar-refractivity contribution in [2.45, 2.75) is 71.3 Å². The molecule has 2 aliphatic rings. The molecule has 0 radical (unpaired) electrons. The summed E-state index contributed by atoms with van der Waals surface area (Å²) in [6.07, 6.45) is -0.0223. The number of benzene rings is 1. The Balaban J connectivity index is 1.88. The number of hydrogen-bond donors (Lipinski definition) is 0. The first kappa shape index (κ1) is 31.1. The van der Waals surface area contributed by atoms with E-state index in [1.54, 1.807) is 0 Å². The maximum absolute atomic E-state index is 13.6. The van der Waals surface area contributed by atoms with Crippen molar-refractivity contribution in [2.24, 2.45) is 11.8 Å². The molecule has 216 valence electrons. The van der Waals surface area contributed by atoms with Gasteiger partial charge < -0.3 is 19.0 Å². The molecule has 1 aromatic rings. The summed E-state index contributed by atoms with van der Waals surface area (Å²) in [7, 11) is -0.165. The number of nitrogens with zero attached hydrogens (tertiary/aromatic N) is 4. The monoisotopic (exact) mass is 570 g/mol. The van der Waals surface area contributed by atoms with Crippen molar-refractivity contribution in [3.63, 3.8) is 0 Å². The van der Waals surface area contributed by atoms with Crippen LogP contribution in [0.25, 0.3) is 0 Å². The zero-order valence-corrected chi connectivity index (χ0v) is 25.0. The summed E-state index contributed by atoms with van der Waals surface area (Å²) in [5, 5.41) is 19.9. The standard InChI is InChI=1S/C28H38N4O7Si/c1-7-40(8-2,9-3)39-19(5)23-24-18(4)22(17-30(6)16-10-15-29)25(31(24)26(23)33)28(35)38-27(34)20-11-13-21(14-12-20)32(36)37/h11-14,18-19,23-24H,7-10,16-17H2,1-6H3/t18-,19+,23+,24+/m0/s1. The lowest BCUT2D eigenvalue weighted by Gasteiger charge is -2.49. The van der Waals surface area contributed by atoms with Crippen LogP contribution < -0.4 is 0 Å². The fraction of sp³-hybridized carbons (Fsp3) is 0.571. The van der Waals surface area contributed by atoms with Crippen LogP contribution in [0.4, 0.5) is 5.69 Å². The SMILES string of the molecule is CC[Si](CC)(CC)O[C@H](C)[C@H]1C(=O)N2C(C(=O)OC(=O)c3ccc([N+](=O)[O-])cc3)=C(CN(C)CCC#N)[C@H](C)[C@H]12. The van der Waals surface area contributed by atoms with Crippen molar-refractivity contribution in [3.8, 4) is 6.07 Å². The lowest BCUT2D eigenvalue weighted by atomic mass is 9.77. The highest BCUT2D eigenvalue weighted by Crippen LogP contribution is 2.48. The molecule has 0 bridgehead atoms. The van der Waals surface area contributed by atoms with Crippen molar-refractivity contribution < 1.29 is 28.5 Å². The van der Waals surface area contributed by atoms with E-state index in [-0.39, 0.29) is 40.9 Å². The van der Waals surface area contributed by atoms with E-state index in [1.165, 1.54) is 17.0 Å². The molecule has 0 unspecified atom stereocenters. The molecule has 1 amide bonds.